The van der Waals surface area contributed by atoms with Crippen LogP contribution in [0.5, 0.6) is 5.75 Å². The summed E-state index contributed by atoms with van der Waals surface area (Å²) in [5.41, 5.74) is 1.90. The Bertz CT molecular complexity index is 673. The number of carbonyl (C=O) groups excluding carboxylic acids is 1. The second kappa shape index (κ2) is 7.52. The third-order valence-corrected chi connectivity index (χ3v) is 3.73. The molecule has 116 valence electrons. The minimum Gasteiger partial charge on any atom is -0.484 e. The fraction of sp³-hybridized carbons (Fsp3) is 0.235. The van der Waals surface area contributed by atoms with Gasteiger partial charge < -0.3 is 10.1 Å². The first-order valence-electron chi connectivity index (χ1n) is 6.89. The van der Waals surface area contributed by atoms with Gasteiger partial charge in [-0.15, -0.1) is 0 Å². The van der Waals surface area contributed by atoms with Crippen molar-refractivity contribution in [3.05, 3.63) is 63.6 Å². The van der Waals surface area contributed by atoms with Crippen molar-refractivity contribution in [2.24, 2.45) is 0 Å². The van der Waals surface area contributed by atoms with Crippen LogP contribution in [-0.2, 0) is 4.79 Å². The molecule has 0 saturated heterocycles. The normalized spacial score (nSPS) is 11.8. The number of benzene rings is 2. The van der Waals surface area contributed by atoms with Gasteiger partial charge in [-0.3, -0.25) is 4.79 Å². The van der Waals surface area contributed by atoms with Crippen LogP contribution in [0, 0.1) is 6.92 Å². The zero-order valence-corrected chi connectivity index (χ0v) is 13.9. The summed E-state index contributed by atoms with van der Waals surface area (Å²) in [7, 11) is 0. The molecular weight excluding hydrogens is 321 g/mol. The van der Waals surface area contributed by atoms with Crippen LogP contribution in [0.25, 0.3) is 0 Å². The van der Waals surface area contributed by atoms with E-state index in [4.69, 9.17) is 27.9 Å². The van der Waals surface area contributed by atoms with Crippen LogP contribution in [-0.4, -0.2) is 12.5 Å². The van der Waals surface area contributed by atoms with Crippen LogP contribution in [0.2, 0.25) is 10.0 Å². The minimum absolute atomic E-state index is 0.0427. The molecule has 0 radical (unpaired) electrons. The number of nitrogens with one attached hydrogen (secondary N) is 1. The molecule has 1 amide bonds. The fourth-order valence-electron chi connectivity index (χ4n) is 2.07. The van der Waals surface area contributed by atoms with E-state index in [0.29, 0.717) is 15.8 Å². The summed E-state index contributed by atoms with van der Waals surface area (Å²) in [4.78, 5) is 12.0. The standard InChI is InChI=1S/C17H17Cl2NO2/c1-11-4-3-5-14(8-11)22-10-17(21)20-12(2)15-7-6-13(18)9-16(15)19/h3-9,12H,10H2,1-2H3,(H,20,21). The Morgan fingerprint density at radius 2 is 2.00 bits per heavy atom. The summed E-state index contributed by atoms with van der Waals surface area (Å²) in [5.74, 6) is 0.465. The monoisotopic (exact) mass is 337 g/mol. The average Bonchev–Trinajstić information content (AvgIpc) is 2.45. The number of aryl methyl sites for hydroxylation is 1. The molecule has 2 aromatic carbocycles. The smallest absolute Gasteiger partial charge is 0.258 e. The first kappa shape index (κ1) is 16.7. The van der Waals surface area contributed by atoms with Gasteiger partial charge in [0.2, 0.25) is 0 Å². The van der Waals surface area contributed by atoms with Crippen molar-refractivity contribution in [2.45, 2.75) is 19.9 Å². The number of halogens is 2. The fourth-order valence-corrected chi connectivity index (χ4v) is 2.64. The molecule has 0 aliphatic carbocycles. The molecule has 1 unspecified atom stereocenters. The van der Waals surface area contributed by atoms with E-state index in [1.807, 2.05) is 38.1 Å². The highest BCUT2D eigenvalue weighted by atomic mass is 35.5. The average molecular weight is 338 g/mol. The first-order valence-corrected chi connectivity index (χ1v) is 7.65. The molecule has 1 N–H and O–H groups in total. The summed E-state index contributed by atoms with van der Waals surface area (Å²) in [5, 5.41) is 3.94. The number of ether oxygens (including phenoxy) is 1. The SMILES string of the molecule is Cc1cccc(OCC(=O)NC(C)c2ccc(Cl)cc2Cl)c1. The molecule has 0 heterocycles. The third kappa shape index (κ3) is 4.65. The largest absolute Gasteiger partial charge is 0.484 e. The lowest BCUT2D eigenvalue weighted by Crippen LogP contribution is -2.31. The molecule has 0 bridgehead atoms. The predicted octanol–water partition coefficient (Wildman–Crippen LogP) is 4.56. The molecule has 0 spiro atoms. The molecule has 0 saturated carbocycles. The molecule has 2 rings (SSSR count). The van der Waals surface area contributed by atoms with Crippen LogP contribution in [0.1, 0.15) is 24.1 Å². The van der Waals surface area contributed by atoms with Crippen molar-refractivity contribution in [3.63, 3.8) is 0 Å². The van der Waals surface area contributed by atoms with Gasteiger partial charge in [0.1, 0.15) is 5.75 Å². The quantitative estimate of drug-likeness (QED) is 0.868. The number of amides is 1. The maximum atomic E-state index is 12.0. The Kier molecular flexibility index (Phi) is 5.69. The first-order chi connectivity index (χ1) is 10.5. The van der Waals surface area contributed by atoms with Crippen molar-refractivity contribution in [1.29, 1.82) is 0 Å². The van der Waals surface area contributed by atoms with Crippen LogP contribution in [0.3, 0.4) is 0 Å². The lowest BCUT2D eigenvalue weighted by Gasteiger charge is -2.16. The van der Waals surface area contributed by atoms with Gasteiger partial charge in [-0.05, 0) is 49.2 Å². The van der Waals surface area contributed by atoms with E-state index in [9.17, 15) is 4.79 Å². The molecule has 3 nitrogen and oxygen atoms in total. The number of carbonyl (C=O) groups is 1. The van der Waals surface area contributed by atoms with E-state index < -0.39 is 0 Å². The van der Waals surface area contributed by atoms with E-state index in [0.717, 1.165) is 11.1 Å². The third-order valence-electron chi connectivity index (χ3n) is 3.17. The molecule has 2 aromatic rings. The van der Waals surface area contributed by atoms with Gasteiger partial charge in [0.25, 0.3) is 5.91 Å². The molecule has 0 aliphatic heterocycles. The van der Waals surface area contributed by atoms with Crippen molar-refractivity contribution in [1.82, 2.24) is 5.32 Å². The lowest BCUT2D eigenvalue weighted by atomic mass is 10.1. The molecule has 5 heteroatoms. The Morgan fingerprint density at radius 3 is 2.68 bits per heavy atom. The van der Waals surface area contributed by atoms with Gasteiger partial charge in [0.15, 0.2) is 6.61 Å². The van der Waals surface area contributed by atoms with Crippen LogP contribution < -0.4 is 10.1 Å². The summed E-state index contributed by atoms with van der Waals surface area (Å²) < 4.78 is 5.47. The summed E-state index contributed by atoms with van der Waals surface area (Å²) in [6.07, 6.45) is 0. The Balaban J connectivity index is 1.91. The summed E-state index contributed by atoms with van der Waals surface area (Å²) in [6, 6.07) is 12.5. The number of hydrogen-bond donors (Lipinski definition) is 1. The van der Waals surface area contributed by atoms with Crippen LogP contribution in [0.15, 0.2) is 42.5 Å². The van der Waals surface area contributed by atoms with Crippen molar-refractivity contribution >= 4 is 29.1 Å². The second-order valence-corrected chi connectivity index (χ2v) is 5.90. The van der Waals surface area contributed by atoms with E-state index in [1.54, 1.807) is 18.2 Å². The van der Waals surface area contributed by atoms with Crippen LogP contribution in [0.4, 0.5) is 0 Å². The second-order valence-electron chi connectivity index (χ2n) is 5.06. The van der Waals surface area contributed by atoms with Gasteiger partial charge in [-0.2, -0.15) is 0 Å². The van der Waals surface area contributed by atoms with E-state index in [1.165, 1.54) is 0 Å². The molecule has 22 heavy (non-hydrogen) atoms. The van der Waals surface area contributed by atoms with Crippen LogP contribution >= 0.6 is 23.2 Å². The highest BCUT2D eigenvalue weighted by molar-refractivity contribution is 6.35. The maximum absolute atomic E-state index is 12.0. The Morgan fingerprint density at radius 1 is 1.23 bits per heavy atom. The van der Waals surface area contributed by atoms with Gasteiger partial charge in [-0.1, -0.05) is 41.4 Å². The Labute approximate surface area is 140 Å². The number of rotatable bonds is 5. The molecule has 0 fully saturated rings. The highest BCUT2D eigenvalue weighted by Gasteiger charge is 2.13. The summed E-state index contributed by atoms with van der Waals surface area (Å²) >= 11 is 12.0. The molecule has 0 aromatic heterocycles. The molecule has 0 aliphatic rings. The van der Waals surface area contributed by atoms with Gasteiger partial charge in [0.05, 0.1) is 6.04 Å². The van der Waals surface area contributed by atoms with Crippen molar-refractivity contribution in [2.75, 3.05) is 6.61 Å². The lowest BCUT2D eigenvalue weighted by molar-refractivity contribution is -0.123. The van der Waals surface area contributed by atoms with Gasteiger partial charge in [-0.25, -0.2) is 0 Å². The topological polar surface area (TPSA) is 38.3 Å². The highest BCUT2D eigenvalue weighted by Crippen LogP contribution is 2.26. The van der Waals surface area contributed by atoms with Crippen molar-refractivity contribution < 1.29 is 9.53 Å². The molecule has 1 atom stereocenters. The van der Waals surface area contributed by atoms with Crippen molar-refractivity contribution in [3.8, 4) is 5.75 Å². The van der Waals surface area contributed by atoms with E-state index in [-0.39, 0.29) is 18.6 Å². The van der Waals surface area contributed by atoms with E-state index >= 15 is 0 Å². The van der Waals surface area contributed by atoms with Gasteiger partial charge in [0, 0.05) is 10.0 Å². The zero-order chi connectivity index (χ0) is 16.1. The maximum Gasteiger partial charge on any atom is 0.258 e. The van der Waals surface area contributed by atoms with Gasteiger partial charge >= 0.3 is 0 Å². The van der Waals surface area contributed by atoms with E-state index in [2.05, 4.69) is 5.32 Å². The Hall–Kier alpha value is -1.71. The molecular formula is C17H17Cl2NO2. The minimum atomic E-state index is -0.224. The number of hydrogen-bond acceptors (Lipinski definition) is 2. The zero-order valence-electron chi connectivity index (χ0n) is 12.4. The predicted molar refractivity (Wildman–Crippen MR) is 89.7 cm³/mol. The summed E-state index contributed by atoms with van der Waals surface area (Å²) in [6.45, 7) is 3.79.